The molecule has 0 saturated carbocycles. The summed E-state index contributed by atoms with van der Waals surface area (Å²) < 4.78 is 0. The fourth-order valence-electron chi connectivity index (χ4n) is 3.49. The van der Waals surface area contributed by atoms with Crippen LogP contribution >= 0.6 is 0 Å². The van der Waals surface area contributed by atoms with E-state index in [0.717, 1.165) is 61.7 Å². The van der Waals surface area contributed by atoms with Crippen LogP contribution in [0.2, 0.25) is 0 Å². The molecule has 2 heterocycles. The molecule has 0 unspecified atom stereocenters. The molecule has 0 amide bonds. The topological polar surface area (TPSA) is 32.3 Å². The van der Waals surface area contributed by atoms with E-state index in [4.69, 9.17) is 9.97 Å². The minimum Gasteiger partial charge on any atom is -0.353 e. The summed E-state index contributed by atoms with van der Waals surface area (Å²) in [6.45, 7) is 7.39. The van der Waals surface area contributed by atoms with Crippen molar-refractivity contribution in [3.8, 4) is 0 Å². The molecule has 1 aliphatic heterocycles. The van der Waals surface area contributed by atoms with Gasteiger partial charge in [-0.2, -0.15) is 0 Å². The maximum atomic E-state index is 4.86. The summed E-state index contributed by atoms with van der Waals surface area (Å²) in [7, 11) is 0. The van der Waals surface area contributed by atoms with E-state index in [1.165, 1.54) is 5.56 Å². The van der Waals surface area contributed by atoms with E-state index in [1.807, 2.05) is 24.3 Å². The predicted octanol–water partition coefficient (Wildman–Crippen LogP) is 3.30. The van der Waals surface area contributed by atoms with Crippen LogP contribution in [0.4, 0.5) is 5.82 Å². The Balaban J connectivity index is 1.39. The van der Waals surface area contributed by atoms with Crippen LogP contribution in [0.1, 0.15) is 11.3 Å². The van der Waals surface area contributed by atoms with E-state index < -0.39 is 0 Å². The molecule has 4 rings (SSSR count). The summed E-state index contributed by atoms with van der Waals surface area (Å²) in [5.74, 6) is 1.04. The molecule has 2 aromatic carbocycles. The zero-order valence-electron chi connectivity index (χ0n) is 14.7. The van der Waals surface area contributed by atoms with E-state index >= 15 is 0 Å². The number of fused-ring (bicyclic) bond motifs is 1. The molecule has 0 spiro atoms. The van der Waals surface area contributed by atoms with Crippen LogP contribution < -0.4 is 4.90 Å². The minimum absolute atomic E-state index is 0.977. The Hall–Kier alpha value is -2.46. The monoisotopic (exact) mass is 332 g/mol. The molecule has 1 aromatic heterocycles. The number of aromatic nitrogens is 2. The Morgan fingerprint density at radius 2 is 1.44 bits per heavy atom. The van der Waals surface area contributed by atoms with Crippen LogP contribution in [-0.2, 0) is 6.42 Å². The van der Waals surface area contributed by atoms with Crippen LogP contribution in [0.5, 0.6) is 0 Å². The summed E-state index contributed by atoms with van der Waals surface area (Å²) in [5.41, 5.74) is 4.40. The molecule has 0 atom stereocenters. The summed E-state index contributed by atoms with van der Waals surface area (Å²) in [5, 5.41) is 0. The molecule has 0 N–H and O–H groups in total. The van der Waals surface area contributed by atoms with Crippen LogP contribution in [0.3, 0.4) is 0 Å². The van der Waals surface area contributed by atoms with Crippen molar-refractivity contribution in [3.63, 3.8) is 0 Å². The van der Waals surface area contributed by atoms with Crippen molar-refractivity contribution in [2.45, 2.75) is 13.3 Å². The molecular weight excluding hydrogens is 308 g/mol. The highest BCUT2D eigenvalue weighted by Gasteiger charge is 2.20. The standard InChI is InChI=1S/C21H24N4/c1-17-21(23-20-10-6-5-9-19(20)22-17)25-15-13-24(14-16-25)12-11-18-7-3-2-4-8-18/h2-10H,11-16H2,1H3. The van der Waals surface area contributed by atoms with Crippen molar-refractivity contribution in [1.82, 2.24) is 14.9 Å². The summed E-state index contributed by atoms with van der Waals surface area (Å²) >= 11 is 0. The number of anilines is 1. The van der Waals surface area contributed by atoms with E-state index in [-0.39, 0.29) is 0 Å². The molecule has 0 aliphatic carbocycles. The molecular formula is C21H24N4. The number of hydrogen-bond acceptors (Lipinski definition) is 4. The lowest BCUT2D eigenvalue weighted by Gasteiger charge is -2.35. The summed E-state index contributed by atoms with van der Waals surface area (Å²) in [6.07, 6.45) is 1.12. The SMILES string of the molecule is Cc1nc2ccccc2nc1N1CCN(CCc2ccccc2)CC1. The highest BCUT2D eigenvalue weighted by atomic mass is 15.3. The first kappa shape index (κ1) is 16.0. The number of para-hydroxylation sites is 2. The van der Waals surface area contributed by atoms with Crippen molar-refractivity contribution in [2.75, 3.05) is 37.6 Å². The second-order valence-corrected chi connectivity index (χ2v) is 6.69. The average molecular weight is 332 g/mol. The number of benzene rings is 2. The van der Waals surface area contributed by atoms with Crippen molar-refractivity contribution < 1.29 is 0 Å². The number of hydrogen-bond donors (Lipinski definition) is 0. The number of aryl methyl sites for hydroxylation is 1. The van der Waals surface area contributed by atoms with Crippen LogP contribution in [0.25, 0.3) is 11.0 Å². The Morgan fingerprint density at radius 1 is 0.800 bits per heavy atom. The van der Waals surface area contributed by atoms with E-state index in [0.29, 0.717) is 0 Å². The van der Waals surface area contributed by atoms with Crippen LogP contribution in [0, 0.1) is 6.92 Å². The first-order chi connectivity index (χ1) is 12.3. The van der Waals surface area contributed by atoms with Gasteiger partial charge in [0, 0.05) is 32.7 Å². The summed E-state index contributed by atoms with van der Waals surface area (Å²) in [6, 6.07) is 18.9. The maximum Gasteiger partial charge on any atom is 0.150 e. The first-order valence-corrected chi connectivity index (χ1v) is 9.04. The average Bonchev–Trinajstić information content (AvgIpc) is 2.67. The van der Waals surface area contributed by atoms with Crippen LogP contribution in [-0.4, -0.2) is 47.6 Å². The molecule has 3 aromatic rings. The molecule has 4 nitrogen and oxygen atoms in total. The van der Waals surface area contributed by atoms with Gasteiger partial charge in [0.2, 0.25) is 0 Å². The van der Waals surface area contributed by atoms with Gasteiger partial charge in [0.05, 0.1) is 16.7 Å². The lowest BCUT2D eigenvalue weighted by molar-refractivity contribution is 0.260. The van der Waals surface area contributed by atoms with Crippen LogP contribution in [0.15, 0.2) is 54.6 Å². The van der Waals surface area contributed by atoms with Crippen molar-refractivity contribution >= 4 is 16.9 Å². The third-order valence-electron chi connectivity index (χ3n) is 4.95. The van der Waals surface area contributed by atoms with Crippen molar-refractivity contribution in [3.05, 3.63) is 65.9 Å². The fraction of sp³-hybridized carbons (Fsp3) is 0.333. The van der Waals surface area contributed by atoms with Gasteiger partial charge in [0.15, 0.2) is 5.82 Å². The molecule has 0 radical (unpaired) electrons. The zero-order valence-corrected chi connectivity index (χ0v) is 14.7. The molecule has 128 valence electrons. The predicted molar refractivity (Wildman–Crippen MR) is 103 cm³/mol. The van der Waals surface area contributed by atoms with Gasteiger partial charge in [-0.3, -0.25) is 4.90 Å². The zero-order chi connectivity index (χ0) is 17.1. The molecule has 25 heavy (non-hydrogen) atoms. The molecule has 1 aliphatic rings. The highest BCUT2D eigenvalue weighted by Crippen LogP contribution is 2.21. The third kappa shape index (κ3) is 3.64. The van der Waals surface area contributed by atoms with E-state index in [1.54, 1.807) is 0 Å². The number of piperazine rings is 1. The first-order valence-electron chi connectivity index (χ1n) is 9.04. The maximum absolute atomic E-state index is 4.86. The smallest absolute Gasteiger partial charge is 0.150 e. The van der Waals surface area contributed by atoms with Crippen molar-refractivity contribution in [2.24, 2.45) is 0 Å². The fourth-order valence-corrected chi connectivity index (χ4v) is 3.49. The molecule has 1 saturated heterocycles. The lowest BCUT2D eigenvalue weighted by atomic mass is 10.1. The lowest BCUT2D eigenvalue weighted by Crippen LogP contribution is -2.47. The van der Waals surface area contributed by atoms with Gasteiger partial charge >= 0.3 is 0 Å². The quantitative estimate of drug-likeness (QED) is 0.734. The van der Waals surface area contributed by atoms with Gasteiger partial charge in [-0.15, -0.1) is 0 Å². The van der Waals surface area contributed by atoms with E-state index in [2.05, 4.69) is 47.1 Å². The second-order valence-electron chi connectivity index (χ2n) is 6.69. The Morgan fingerprint density at radius 3 is 2.16 bits per heavy atom. The van der Waals surface area contributed by atoms with Gasteiger partial charge in [-0.1, -0.05) is 42.5 Å². The largest absolute Gasteiger partial charge is 0.353 e. The second kappa shape index (κ2) is 7.19. The van der Waals surface area contributed by atoms with Gasteiger partial charge in [-0.05, 0) is 31.0 Å². The minimum atomic E-state index is 0.977. The Kier molecular flexibility index (Phi) is 4.61. The van der Waals surface area contributed by atoms with Gasteiger partial charge in [0.25, 0.3) is 0 Å². The summed E-state index contributed by atoms with van der Waals surface area (Å²) in [4.78, 5) is 14.5. The van der Waals surface area contributed by atoms with Gasteiger partial charge in [-0.25, -0.2) is 9.97 Å². The molecule has 0 bridgehead atoms. The molecule has 4 heteroatoms. The Labute approximate surface area is 149 Å². The molecule has 1 fully saturated rings. The van der Waals surface area contributed by atoms with Gasteiger partial charge < -0.3 is 4.90 Å². The highest BCUT2D eigenvalue weighted by molar-refractivity contribution is 5.76. The van der Waals surface area contributed by atoms with Crippen molar-refractivity contribution in [1.29, 1.82) is 0 Å². The number of rotatable bonds is 4. The number of nitrogens with zero attached hydrogens (tertiary/aromatic N) is 4. The normalized spacial score (nSPS) is 15.6. The third-order valence-corrected chi connectivity index (χ3v) is 4.95. The van der Waals surface area contributed by atoms with E-state index in [9.17, 15) is 0 Å². The Bertz CT molecular complexity index is 839. The van der Waals surface area contributed by atoms with Gasteiger partial charge in [0.1, 0.15) is 0 Å².